The van der Waals surface area contributed by atoms with Crippen LogP contribution in [0.1, 0.15) is 31.2 Å². The van der Waals surface area contributed by atoms with Crippen molar-refractivity contribution in [3.63, 3.8) is 0 Å². The smallest absolute Gasteiger partial charge is 0.319 e. The van der Waals surface area contributed by atoms with Gasteiger partial charge in [0, 0.05) is 12.6 Å². The molecule has 0 aromatic heterocycles. The van der Waals surface area contributed by atoms with E-state index in [0.717, 1.165) is 18.4 Å². The monoisotopic (exact) mass is 346 g/mol. The summed E-state index contributed by atoms with van der Waals surface area (Å²) in [4.78, 5) is 26.4. The summed E-state index contributed by atoms with van der Waals surface area (Å²) in [5.74, 6) is 0.00492. The maximum absolute atomic E-state index is 12.3. The second-order valence-electron chi connectivity index (χ2n) is 6.21. The van der Waals surface area contributed by atoms with Gasteiger partial charge < -0.3 is 15.5 Å². The molecule has 3 amide bonds. The lowest BCUT2D eigenvalue weighted by Crippen LogP contribution is -2.47. The lowest BCUT2D eigenvalue weighted by Gasteiger charge is -2.34. The van der Waals surface area contributed by atoms with Crippen LogP contribution in [0.2, 0.25) is 5.02 Å². The maximum Gasteiger partial charge on any atom is 0.319 e. The topological polar surface area (TPSA) is 85.2 Å². The molecule has 1 unspecified atom stereocenters. The largest absolute Gasteiger partial charge is 0.338 e. The molecule has 0 spiro atoms. The van der Waals surface area contributed by atoms with E-state index in [1.54, 1.807) is 18.2 Å². The average molecular weight is 347 g/mol. The fourth-order valence-corrected chi connectivity index (χ4v) is 3.33. The molecule has 1 aromatic carbocycles. The number of anilines is 1. The molecule has 2 aliphatic rings. The molecule has 1 aliphatic heterocycles. The van der Waals surface area contributed by atoms with Crippen molar-refractivity contribution in [1.82, 2.24) is 10.2 Å². The second-order valence-corrected chi connectivity index (χ2v) is 6.61. The van der Waals surface area contributed by atoms with Crippen molar-refractivity contribution < 1.29 is 9.59 Å². The predicted molar refractivity (Wildman–Crippen MR) is 90.7 cm³/mol. The third-order valence-electron chi connectivity index (χ3n) is 4.63. The number of amides is 3. The standard InChI is InChI=1S/C17H19ClN4O2/c18-13-10-11(6-8-19)4-5-14(13)20-17(24)21-15-7-9-22(16(15)23)12-2-1-3-12/h4-5,10,12,15H,1-3,6-7,9H2,(H2,20,21,24). The first-order chi connectivity index (χ1) is 11.6. The quantitative estimate of drug-likeness (QED) is 0.878. The zero-order valence-corrected chi connectivity index (χ0v) is 14.0. The van der Waals surface area contributed by atoms with Gasteiger partial charge >= 0.3 is 6.03 Å². The number of carbonyl (C=O) groups excluding carboxylic acids is 2. The Bertz CT molecular complexity index is 696. The molecule has 2 N–H and O–H groups in total. The first kappa shape index (κ1) is 16.6. The molecule has 1 aromatic rings. The van der Waals surface area contributed by atoms with E-state index in [9.17, 15) is 9.59 Å². The van der Waals surface area contributed by atoms with E-state index in [0.29, 0.717) is 29.7 Å². The summed E-state index contributed by atoms with van der Waals surface area (Å²) in [6.07, 6.45) is 4.20. The molecule has 1 saturated heterocycles. The molecule has 6 nitrogen and oxygen atoms in total. The SMILES string of the molecule is N#CCc1ccc(NC(=O)NC2CCN(C3CCC3)C2=O)c(Cl)c1. The minimum Gasteiger partial charge on any atom is -0.338 e. The van der Waals surface area contributed by atoms with Crippen LogP contribution >= 0.6 is 11.6 Å². The summed E-state index contributed by atoms with van der Waals surface area (Å²) in [7, 11) is 0. The molecule has 0 radical (unpaired) electrons. The molecule has 7 heteroatoms. The second kappa shape index (κ2) is 7.10. The number of carbonyl (C=O) groups is 2. The Morgan fingerprint density at radius 3 is 2.79 bits per heavy atom. The highest BCUT2D eigenvalue weighted by Crippen LogP contribution is 2.28. The molecule has 0 bridgehead atoms. The number of nitrogens with one attached hydrogen (secondary N) is 2. The number of rotatable bonds is 4. The molecule has 1 atom stereocenters. The Labute approximate surface area is 145 Å². The van der Waals surface area contributed by atoms with Gasteiger partial charge in [0.2, 0.25) is 5.91 Å². The predicted octanol–water partition coefficient (Wildman–Crippen LogP) is 2.68. The van der Waals surface area contributed by atoms with Crippen LogP contribution < -0.4 is 10.6 Å². The van der Waals surface area contributed by atoms with E-state index in [1.807, 2.05) is 11.0 Å². The van der Waals surface area contributed by atoms with E-state index in [-0.39, 0.29) is 12.3 Å². The summed E-state index contributed by atoms with van der Waals surface area (Å²) in [6, 6.07) is 6.54. The number of benzene rings is 1. The van der Waals surface area contributed by atoms with E-state index >= 15 is 0 Å². The number of halogens is 1. The van der Waals surface area contributed by atoms with Crippen molar-refractivity contribution >= 4 is 29.2 Å². The molecule has 1 heterocycles. The van der Waals surface area contributed by atoms with Crippen LogP contribution in [0.15, 0.2) is 18.2 Å². The minimum atomic E-state index is -0.470. The van der Waals surface area contributed by atoms with Crippen molar-refractivity contribution in [2.24, 2.45) is 0 Å². The number of nitrogens with zero attached hydrogens (tertiary/aromatic N) is 2. The average Bonchev–Trinajstić information content (AvgIpc) is 2.82. The lowest BCUT2D eigenvalue weighted by atomic mass is 9.92. The van der Waals surface area contributed by atoms with Crippen LogP contribution in [0.3, 0.4) is 0 Å². The van der Waals surface area contributed by atoms with Crippen LogP contribution in [-0.4, -0.2) is 35.5 Å². The van der Waals surface area contributed by atoms with Gasteiger partial charge in [-0.25, -0.2) is 4.79 Å². The van der Waals surface area contributed by atoms with Gasteiger partial charge in [-0.1, -0.05) is 17.7 Å². The van der Waals surface area contributed by atoms with Crippen LogP contribution in [-0.2, 0) is 11.2 Å². The molecule has 1 saturated carbocycles. The van der Waals surface area contributed by atoms with Crippen LogP contribution in [0.25, 0.3) is 0 Å². The highest BCUT2D eigenvalue weighted by molar-refractivity contribution is 6.33. The van der Waals surface area contributed by atoms with Gasteiger partial charge in [0.1, 0.15) is 6.04 Å². The highest BCUT2D eigenvalue weighted by atomic mass is 35.5. The zero-order valence-electron chi connectivity index (χ0n) is 13.2. The van der Waals surface area contributed by atoms with Crippen molar-refractivity contribution in [2.45, 2.75) is 44.2 Å². The first-order valence-electron chi connectivity index (χ1n) is 8.12. The Hall–Kier alpha value is -2.26. The van der Waals surface area contributed by atoms with E-state index in [4.69, 9.17) is 16.9 Å². The van der Waals surface area contributed by atoms with Crippen molar-refractivity contribution in [3.05, 3.63) is 28.8 Å². The number of nitriles is 1. The van der Waals surface area contributed by atoms with Crippen molar-refractivity contribution in [3.8, 4) is 6.07 Å². The van der Waals surface area contributed by atoms with Gasteiger partial charge in [0.05, 0.1) is 23.2 Å². The summed E-state index contributed by atoms with van der Waals surface area (Å²) < 4.78 is 0. The number of likely N-dealkylation sites (tertiary alicyclic amines) is 1. The minimum absolute atomic E-state index is 0.00492. The van der Waals surface area contributed by atoms with E-state index < -0.39 is 12.1 Å². The van der Waals surface area contributed by atoms with Gasteiger partial charge in [-0.05, 0) is 43.4 Å². The fraction of sp³-hybridized carbons (Fsp3) is 0.471. The molecule has 2 fully saturated rings. The molecule has 126 valence electrons. The third kappa shape index (κ3) is 3.46. The van der Waals surface area contributed by atoms with Gasteiger partial charge in [-0.2, -0.15) is 5.26 Å². The molecule has 1 aliphatic carbocycles. The summed E-state index contributed by atoms with van der Waals surface area (Å²) >= 11 is 6.12. The molecular formula is C17H19ClN4O2. The zero-order chi connectivity index (χ0) is 17.1. The van der Waals surface area contributed by atoms with Crippen molar-refractivity contribution in [1.29, 1.82) is 5.26 Å². The van der Waals surface area contributed by atoms with Gasteiger partial charge in [-0.15, -0.1) is 0 Å². The summed E-state index contributed by atoms with van der Waals surface area (Å²) in [5.41, 5.74) is 1.24. The fourth-order valence-electron chi connectivity index (χ4n) is 3.07. The molecule has 24 heavy (non-hydrogen) atoms. The van der Waals surface area contributed by atoms with Gasteiger partial charge in [0.15, 0.2) is 0 Å². The summed E-state index contributed by atoms with van der Waals surface area (Å²) in [5, 5.41) is 14.4. The Morgan fingerprint density at radius 2 is 2.17 bits per heavy atom. The molecular weight excluding hydrogens is 328 g/mol. The number of urea groups is 1. The molecule has 3 rings (SSSR count). The van der Waals surface area contributed by atoms with E-state index in [2.05, 4.69) is 10.6 Å². The van der Waals surface area contributed by atoms with Gasteiger partial charge in [0.25, 0.3) is 0 Å². The van der Waals surface area contributed by atoms with Crippen molar-refractivity contribution in [2.75, 3.05) is 11.9 Å². The number of hydrogen-bond acceptors (Lipinski definition) is 3. The maximum atomic E-state index is 12.3. The summed E-state index contributed by atoms with van der Waals surface area (Å²) in [6.45, 7) is 0.706. The number of hydrogen-bond donors (Lipinski definition) is 2. The van der Waals surface area contributed by atoms with Crippen LogP contribution in [0.4, 0.5) is 10.5 Å². The Morgan fingerprint density at radius 1 is 1.38 bits per heavy atom. The Kier molecular flexibility index (Phi) is 4.91. The van der Waals surface area contributed by atoms with E-state index in [1.165, 1.54) is 6.42 Å². The highest BCUT2D eigenvalue weighted by Gasteiger charge is 2.38. The van der Waals surface area contributed by atoms with Crippen LogP contribution in [0.5, 0.6) is 0 Å². The lowest BCUT2D eigenvalue weighted by molar-refractivity contribution is -0.132. The normalized spacial score (nSPS) is 20.4. The third-order valence-corrected chi connectivity index (χ3v) is 4.94. The Balaban J connectivity index is 1.56. The first-order valence-corrected chi connectivity index (χ1v) is 8.49. The van der Waals surface area contributed by atoms with Crippen LogP contribution in [0, 0.1) is 11.3 Å². The van der Waals surface area contributed by atoms with Gasteiger partial charge in [-0.3, -0.25) is 4.79 Å².